The van der Waals surface area contributed by atoms with E-state index < -0.39 is 45.9 Å². The van der Waals surface area contributed by atoms with Gasteiger partial charge in [-0.25, -0.2) is 0 Å². The molecule has 5 fully saturated rings. The third kappa shape index (κ3) is 6.28. The highest BCUT2D eigenvalue weighted by molar-refractivity contribution is 5.95. The zero-order valence-corrected chi connectivity index (χ0v) is 34.4. The smallest absolute Gasteiger partial charge is 0.159 e. The molecule has 1 aromatic rings. The van der Waals surface area contributed by atoms with Gasteiger partial charge in [-0.15, -0.1) is 0 Å². The molecule has 7 aliphatic rings. The Bertz CT molecular complexity index is 1760. The molecule has 0 amide bonds. The van der Waals surface area contributed by atoms with Crippen molar-refractivity contribution in [2.45, 2.75) is 147 Å². The van der Waals surface area contributed by atoms with Crippen molar-refractivity contribution >= 4 is 5.78 Å². The summed E-state index contributed by atoms with van der Waals surface area (Å²) in [7, 11) is 0. The minimum Gasteiger partial charge on any atom is -0.396 e. The van der Waals surface area contributed by atoms with E-state index in [9.17, 15) is 25.2 Å². The first-order valence-corrected chi connectivity index (χ1v) is 21.7. The molecule has 308 valence electrons. The van der Waals surface area contributed by atoms with Crippen LogP contribution in [0.3, 0.4) is 0 Å². The van der Waals surface area contributed by atoms with Gasteiger partial charge in [0, 0.05) is 29.9 Å². The molecular weight excluding hydrogens is 705 g/mol. The van der Waals surface area contributed by atoms with Gasteiger partial charge in [-0.3, -0.25) is 4.79 Å². The van der Waals surface area contributed by atoms with Crippen molar-refractivity contribution in [3.63, 3.8) is 0 Å². The molecule has 3 saturated carbocycles. The lowest BCUT2D eigenvalue weighted by molar-refractivity contribution is -0.201. The van der Waals surface area contributed by atoms with Crippen LogP contribution in [0.4, 0.5) is 0 Å². The topological polar surface area (TPSA) is 158 Å². The second-order valence-electron chi connectivity index (χ2n) is 20.3. The van der Waals surface area contributed by atoms with E-state index in [1.165, 1.54) is 5.56 Å². The van der Waals surface area contributed by atoms with Gasteiger partial charge in [-0.05, 0) is 142 Å². The molecule has 4 aliphatic carbocycles. The molecule has 0 aromatic heterocycles. The van der Waals surface area contributed by atoms with Gasteiger partial charge in [-0.2, -0.15) is 0 Å². The van der Waals surface area contributed by atoms with Crippen LogP contribution in [0.2, 0.25) is 0 Å². The quantitative estimate of drug-likeness (QED) is 0.151. The van der Waals surface area contributed by atoms with E-state index in [4.69, 9.17) is 15.2 Å². The normalized spacial score (nSPS) is 44.1. The number of fused-ring (bicyclic) bond motifs is 5. The number of aliphatic hydroxyl groups excluding tert-OH is 2. The average molecular weight is 773 g/mol. The van der Waals surface area contributed by atoms with Crippen LogP contribution in [-0.4, -0.2) is 81.1 Å². The Morgan fingerprint density at radius 2 is 1.80 bits per heavy atom. The predicted octanol–water partition coefficient (Wildman–Crippen LogP) is 5.89. The molecule has 0 spiro atoms. The van der Waals surface area contributed by atoms with Crippen LogP contribution < -0.4 is 11.1 Å². The first kappa shape index (κ1) is 40.3. The molecule has 3 aliphatic heterocycles. The van der Waals surface area contributed by atoms with Crippen molar-refractivity contribution in [2.24, 2.45) is 51.6 Å². The summed E-state index contributed by atoms with van der Waals surface area (Å²) in [6.45, 7) is 11.6. The van der Waals surface area contributed by atoms with Crippen LogP contribution >= 0.6 is 0 Å². The van der Waals surface area contributed by atoms with Crippen molar-refractivity contribution in [1.29, 1.82) is 0 Å². The van der Waals surface area contributed by atoms with E-state index in [2.05, 4.69) is 62.5 Å². The fourth-order valence-corrected chi connectivity index (χ4v) is 13.5. The fourth-order valence-electron chi connectivity index (χ4n) is 13.5. The molecule has 7 N–H and O–H groups in total. The number of aliphatic hydroxyl groups is 4. The lowest BCUT2D eigenvalue weighted by atomic mass is 9.42. The average Bonchev–Trinajstić information content (AvgIpc) is 3.94. The van der Waals surface area contributed by atoms with E-state index >= 15 is 0 Å². The molecule has 9 heteroatoms. The van der Waals surface area contributed by atoms with Crippen molar-refractivity contribution in [3.05, 3.63) is 71.1 Å². The van der Waals surface area contributed by atoms with Crippen molar-refractivity contribution in [3.8, 4) is 0 Å². The van der Waals surface area contributed by atoms with Gasteiger partial charge in [0.25, 0.3) is 0 Å². The van der Waals surface area contributed by atoms with Gasteiger partial charge >= 0.3 is 0 Å². The molecule has 56 heavy (non-hydrogen) atoms. The second-order valence-corrected chi connectivity index (χ2v) is 20.3. The Morgan fingerprint density at radius 1 is 1.04 bits per heavy atom. The number of benzene rings is 1. The number of epoxide rings is 1. The molecule has 9 nitrogen and oxygen atoms in total. The summed E-state index contributed by atoms with van der Waals surface area (Å²) in [5.74, 6) is 0.955. The molecule has 3 heterocycles. The summed E-state index contributed by atoms with van der Waals surface area (Å²) in [6, 6.07) is 10.6. The lowest BCUT2D eigenvalue weighted by Gasteiger charge is -2.63. The summed E-state index contributed by atoms with van der Waals surface area (Å²) in [6.07, 6.45) is 13.2. The van der Waals surface area contributed by atoms with Crippen LogP contribution in [0.1, 0.15) is 111 Å². The van der Waals surface area contributed by atoms with Crippen LogP contribution in [-0.2, 0) is 20.7 Å². The number of hydrogen-bond acceptors (Lipinski definition) is 9. The summed E-state index contributed by atoms with van der Waals surface area (Å²) in [5.41, 5.74) is 4.20. The molecule has 0 unspecified atom stereocenters. The van der Waals surface area contributed by atoms with E-state index in [0.29, 0.717) is 57.0 Å². The highest BCUT2D eigenvalue weighted by Gasteiger charge is 2.76. The predicted molar refractivity (Wildman–Crippen MR) is 216 cm³/mol. The van der Waals surface area contributed by atoms with Crippen LogP contribution in [0.15, 0.2) is 65.5 Å². The third-order valence-electron chi connectivity index (χ3n) is 17.1. The van der Waals surface area contributed by atoms with Crippen molar-refractivity contribution < 1.29 is 34.7 Å². The van der Waals surface area contributed by atoms with Crippen LogP contribution in [0, 0.1) is 45.8 Å². The number of allylic oxidation sites excluding steroid dienone is 3. The van der Waals surface area contributed by atoms with Gasteiger partial charge < -0.3 is 41.0 Å². The zero-order valence-electron chi connectivity index (χ0n) is 34.4. The van der Waals surface area contributed by atoms with Gasteiger partial charge in [0.05, 0.1) is 29.7 Å². The Morgan fingerprint density at radius 3 is 2.52 bits per heavy atom. The number of aryl methyl sites for hydroxylation is 1. The number of ether oxygens (including phenoxy) is 2. The van der Waals surface area contributed by atoms with E-state index in [0.717, 1.165) is 56.1 Å². The van der Waals surface area contributed by atoms with Gasteiger partial charge in [0.2, 0.25) is 0 Å². The summed E-state index contributed by atoms with van der Waals surface area (Å²) < 4.78 is 13.9. The van der Waals surface area contributed by atoms with Crippen LogP contribution in [0.5, 0.6) is 0 Å². The Kier molecular flexibility index (Phi) is 10.3. The second kappa shape index (κ2) is 14.3. The molecule has 0 bridgehead atoms. The Balaban J connectivity index is 1.15. The number of dihydropyridines is 1. The minimum absolute atomic E-state index is 0.0385. The van der Waals surface area contributed by atoms with Gasteiger partial charge in [0.15, 0.2) is 5.78 Å². The SMILES string of the molecule is C[C@@H]1CCO[C@]([C@H]2CC[C@@]3(O)C4=CC(=O)[C@@H]5C[C@@H](O)CC[C@]5(C)[C@H]4[C@@H](CCc4ccccc4)C[C@]23C)([C@H]2O[C@@H]2[C@](C)(O)[C@](C)(CO)CCC2=CCNC(N)=C2)C1. The fraction of sp³-hybridized carbons (Fsp3) is 0.723. The number of nitrogens with two attached hydrogens (primary N) is 1. The first-order valence-electron chi connectivity index (χ1n) is 21.7. The Labute approximate surface area is 334 Å². The maximum atomic E-state index is 14.2. The number of carbonyl (C=O) groups excluding carboxylic acids is 1. The number of ketones is 1. The largest absolute Gasteiger partial charge is 0.396 e. The van der Waals surface area contributed by atoms with E-state index in [-0.39, 0.29) is 41.5 Å². The van der Waals surface area contributed by atoms with Crippen LogP contribution in [0.25, 0.3) is 0 Å². The number of rotatable bonds is 11. The number of nitrogens with one attached hydrogen (secondary N) is 1. The maximum Gasteiger partial charge on any atom is 0.159 e. The summed E-state index contributed by atoms with van der Waals surface area (Å²) in [5, 5.41) is 50.8. The number of carbonyl (C=O) groups is 1. The number of hydrogen-bond donors (Lipinski definition) is 6. The zero-order chi connectivity index (χ0) is 39.9. The standard InChI is InChI=1S/C47H68N2O7/c1-29-17-22-55-46(26-29,41-40(56-41)45(5,53)42(2,28-50)18-13-31-16-21-49-38(48)23-31)37-15-20-47(54)35-25-36(52)34-24-33(51)14-19-43(34,3)39(35)32(27-44(37,47)4)12-11-30-9-7-6-8-10-30/h6-10,16,23,25,29,32-34,37,39-41,49-51,53-54H,11-15,17-22,24,26-28,48H2,1-5H3/t29-,32+,33+,34+,37+,39+,40+,41+,42+,43+,44-,45+,46-,47-/m1/s1. The van der Waals surface area contributed by atoms with Gasteiger partial charge in [-0.1, -0.05) is 64.1 Å². The van der Waals surface area contributed by atoms with E-state index in [1.807, 2.05) is 26.0 Å². The maximum absolute atomic E-state index is 14.2. The van der Waals surface area contributed by atoms with Crippen molar-refractivity contribution in [2.75, 3.05) is 19.8 Å². The minimum atomic E-state index is -1.37. The summed E-state index contributed by atoms with van der Waals surface area (Å²) >= 11 is 0. The first-order chi connectivity index (χ1) is 26.5. The molecule has 2 saturated heterocycles. The summed E-state index contributed by atoms with van der Waals surface area (Å²) in [4.78, 5) is 14.2. The van der Waals surface area contributed by atoms with Gasteiger partial charge in [0.1, 0.15) is 17.8 Å². The lowest BCUT2D eigenvalue weighted by Crippen LogP contribution is -2.65. The molecule has 14 atom stereocenters. The molecular formula is C47H68N2O7. The molecule has 8 rings (SSSR count). The molecule has 0 radical (unpaired) electrons. The van der Waals surface area contributed by atoms with E-state index in [1.54, 1.807) is 0 Å². The monoisotopic (exact) mass is 773 g/mol. The Hall–Kier alpha value is -2.53. The molecule has 1 aromatic carbocycles. The van der Waals surface area contributed by atoms with Crippen molar-refractivity contribution in [1.82, 2.24) is 5.32 Å². The highest BCUT2D eigenvalue weighted by atomic mass is 16.6. The third-order valence-corrected chi connectivity index (χ3v) is 17.1. The highest BCUT2D eigenvalue weighted by Crippen LogP contribution is 2.72.